The lowest BCUT2D eigenvalue weighted by atomic mass is 10.1. The summed E-state index contributed by atoms with van der Waals surface area (Å²) < 4.78 is 42.0. The van der Waals surface area contributed by atoms with Crippen LogP contribution < -0.4 is 15.9 Å². The summed E-state index contributed by atoms with van der Waals surface area (Å²) in [5.74, 6) is -0.932. The predicted molar refractivity (Wildman–Crippen MR) is 101 cm³/mol. The molecule has 2 aromatic rings. The van der Waals surface area contributed by atoms with Crippen LogP contribution in [0.1, 0.15) is 5.56 Å². The summed E-state index contributed by atoms with van der Waals surface area (Å²) in [7, 11) is -3.93. The highest BCUT2D eigenvalue weighted by Crippen LogP contribution is 2.42. The van der Waals surface area contributed by atoms with E-state index in [0.717, 1.165) is 2.78 Å². The molecule has 1 N–H and O–H groups in total. The molecule has 1 atom stereocenters. The van der Waals surface area contributed by atoms with Crippen molar-refractivity contribution in [3.8, 4) is 0 Å². The van der Waals surface area contributed by atoms with E-state index in [1.165, 1.54) is 6.92 Å². The van der Waals surface area contributed by atoms with Crippen molar-refractivity contribution in [2.75, 3.05) is 30.3 Å². The quantitative estimate of drug-likeness (QED) is 0.551. The van der Waals surface area contributed by atoms with Crippen LogP contribution in [0, 0.1) is 12.7 Å². The molecule has 1 unspecified atom stereocenters. The van der Waals surface area contributed by atoms with Crippen LogP contribution in [0.4, 0.5) is 10.2 Å². The van der Waals surface area contributed by atoms with Gasteiger partial charge in [-0.3, -0.25) is 0 Å². The molecule has 2 aliphatic rings. The fraction of sp³-hybridized carbons (Fsp3) is 0.429. The summed E-state index contributed by atoms with van der Waals surface area (Å²) in [6, 6.07) is -0.426. The van der Waals surface area contributed by atoms with Crippen molar-refractivity contribution in [2.45, 2.75) is 17.9 Å². The van der Waals surface area contributed by atoms with Gasteiger partial charge in [-0.05, 0) is 6.92 Å². The normalized spacial score (nSPS) is 21.9. The van der Waals surface area contributed by atoms with Crippen LogP contribution in [0.2, 0.25) is 5.02 Å². The average molecular weight is 499 g/mol. The van der Waals surface area contributed by atoms with Gasteiger partial charge in [0, 0.05) is 25.2 Å². The van der Waals surface area contributed by atoms with E-state index in [9.17, 15) is 17.6 Å². The summed E-state index contributed by atoms with van der Waals surface area (Å²) in [6.07, 6.45) is 0. The molecule has 0 aliphatic carbocycles. The minimum absolute atomic E-state index is 0.00713. The van der Waals surface area contributed by atoms with E-state index in [-0.39, 0.29) is 33.1 Å². The molecule has 1 aromatic heterocycles. The molecule has 25 heavy (non-hydrogen) atoms. The third-order valence-corrected chi connectivity index (χ3v) is 7.85. The molecule has 0 saturated carbocycles. The number of hydrogen-bond acceptors (Lipinski definition) is 6. The van der Waals surface area contributed by atoms with Gasteiger partial charge >= 0.3 is 5.69 Å². The molecule has 3 heterocycles. The highest BCUT2D eigenvalue weighted by molar-refractivity contribution is 14.1. The number of halogens is 3. The summed E-state index contributed by atoms with van der Waals surface area (Å²) in [4.78, 5) is 17.8. The SMILES string of the molecule is Cc1c(F)c2c3c(nc(=O)n(I)c3c1Cl)N1CCNCC1CS2(=O)=O. The molecular weight excluding hydrogens is 486 g/mol. The Morgan fingerprint density at radius 2 is 2.16 bits per heavy atom. The molecule has 11 heteroatoms. The molecular formula is C14H13ClFIN4O3S. The van der Waals surface area contributed by atoms with Gasteiger partial charge in [0.25, 0.3) is 0 Å². The molecule has 1 aromatic carbocycles. The van der Waals surface area contributed by atoms with Crippen molar-refractivity contribution in [2.24, 2.45) is 0 Å². The Morgan fingerprint density at radius 3 is 2.88 bits per heavy atom. The minimum Gasteiger partial charge on any atom is -0.349 e. The van der Waals surface area contributed by atoms with E-state index < -0.39 is 32.3 Å². The Labute approximate surface area is 161 Å². The van der Waals surface area contributed by atoms with Gasteiger partial charge in [-0.2, -0.15) is 4.98 Å². The van der Waals surface area contributed by atoms with Gasteiger partial charge in [0.05, 0.1) is 50.6 Å². The van der Waals surface area contributed by atoms with E-state index in [0.29, 0.717) is 19.6 Å². The Hall–Kier alpha value is -0.980. The van der Waals surface area contributed by atoms with Crippen LogP contribution in [-0.4, -0.2) is 47.6 Å². The van der Waals surface area contributed by atoms with Gasteiger partial charge < -0.3 is 10.2 Å². The summed E-state index contributed by atoms with van der Waals surface area (Å²) in [5, 5.41) is 3.25. The fourth-order valence-corrected chi connectivity index (χ4v) is 6.37. The van der Waals surface area contributed by atoms with Crippen LogP contribution in [0.15, 0.2) is 9.69 Å². The lowest BCUT2D eigenvalue weighted by molar-refractivity contribution is 0.493. The first kappa shape index (κ1) is 17.4. The lowest BCUT2D eigenvalue weighted by Gasteiger charge is -2.35. The van der Waals surface area contributed by atoms with Crippen LogP contribution in [0.5, 0.6) is 0 Å². The standard InChI is InChI=1S/C14H13ClFIN4O3S/c1-6-9(15)11-8-12(10(6)16)25(23,24)5-7-4-18-2-3-20(7)13(8)19-14(22)21(11)17/h7,18H,2-5H2,1H3. The third kappa shape index (κ3) is 2.41. The van der Waals surface area contributed by atoms with Crippen LogP contribution >= 0.6 is 34.5 Å². The lowest BCUT2D eigenvalue weighted by Crippen LogP contribution is -2.54. The van der Waals surface area contributed by atoms with Crippen LogP contribution in [0.25, 0.3) is 10.9 Å². The predicted octanol–water partition coefficient (Wildman–Crippen LogP) is 1.26. The monoisotopic (exact) mass is 498 g/mol. The molecule has 1 saturated heterocycles. The van der Waals surface area contributed by atoms with E-state index in [1.807, 2.05) is 0 Å². The number of nitrogens with one attached hydrogen (secondary N) is 1. The van der Waals surface area contributed by atoms with Crippen molar-refractivity contribution in [3.05, 3.63) is 26.9 Å². The number of piperazine rings is 1. The van der Waals surface area contributed by atoms with E-state index >= 15 is 0 Å². The average Bonchev–Trinajstić information content (AvgIpc) is 2.64. The second kappa shape index (κ2) is 5.76. The maximum absolute atomic E-state index is 15.0. The van der Waals surface area contributed by atoms with Gasteiger partial charge in [-0.1, -0.05) is 11.6 Å². The minimum atomic E-state index is -3.93. The summed E-state index contributed by atoms with van der Waals surface area (Å²) >= 11 is 8.01. The first-order valence-electron chi connectivity index (χ1n) is 7.54. The number of fused-ring (bicyclic) bond motifs is 2. The molecule has 134 valence electrons. The van der Waals surface area contributed by atoms with Crippen LogP contribution in [0.3, 0.4) is 0 Å². The van der Waals surface area contributed by atoms with E-state index in [4.69, 9.17) is 11.6 Å². The zero-order valence-electron chi connectivity index (χ0n) is 13.0. The Kier molecular flexibility index (Phi) is 4.02. The second-order valence-electron chi connectivity index (χ2n) is 6.14. The molecule has 4 rings (SSSR count). The highest BCUT2D eigenvalue weighted by atomic mass is 127. The third-order valence-electron chi connectivity index (χ3n) is 4.66. The topological polar surface area (TPSA) is 84.3 Å². The van der Waals surface area contributed by atoms with Gasteiger partial charge in [-0.25, -0.2) is 20.4 Å². The number of sulfone groups is 1. The van der Waals surface area contributed by atoms with Gasteiger partial charge in [0.1, 0.15) is 16.5 Å². The molecule has 0 radical (unpaired) electrons. The Bertz CT molecular complexity index is 1090. The Balaban J connectivity index is 2.29. The molecule has 1 fully saturated rings. The zero-order valence-corrected chi connectivity index (χ0v) is 16.7. The first-order valence-corrected chi connectivity index (χ1v) is 10.5. The maximum atomic E-state index is 15.0. The Morgan fingerprint density at radius 1 is 1.44 bits per heavy atom. The van der Waals surface area contributed by atoms with Crippen molar-refractivity contribution >= 4 is 61.0 Å². The molecule has 2 aliphatic heterocycles. The number of aromatic nitrogens is 2. The van der Waals surface area contributed by atoms with E-state index in [1.54, 1.807) is 27.8 Å². The molecule has 0 spiro atoms. The number of benzene rings is 1. The highest BCUT2D eigenvalue weighted by Gasteiger charge is 2.39. The number of rotatable bonds is 0. The number of nitrogens with zero attached hydrogens (tertiary/aromatic N) is 3. The fourth-order valence-electron chi connectivity index (χ4n) is 3.47. The molecule has 0 amide bonds. The molecule has 0 bridgehead atoms. The summed E-state index contributed by atoms with van der Waals surface area (Å²) in [6.45, 7) is 2.91. The van der Waals surface area contributed by atoms with Crippen molar-refractivity contribution < 1.29 is 12.8 Å². The second-order valence-corrected chi connectivity index (χ2v) is 9.45. The zero-order chi connectivity index (χ0) is 18.1. The number of anilines is 1. The summed E-state index contributed by atoms with van der Waals surface area (Å²) in [5.41, 5.74) is -0.375. The van der Waals surface area contributed by atoms with Crippen molar-refractivity contribution in [1.82, 2.24) is 13.1 Å². The largest absolute Gasteiger partial charge is 0.359 e. The van der Waals surface area contributed by atoms with Gasteiger partial charge in [-0.15, -0.1) is 0 Å². The van der Waals surface area contributed by atoms with Crippen molar-refractivity contribution in [1.29, 1.82) is 0 Å². The van der Waals surface area contributed by atoms with Gasteiger partial charge in [0.15, 0.2) is 9.84 Å². The van der Waals surface area contributed by atoms with Crippen LogP contribution in [-0.2, 0) is 9.84 Å². The van der Waals surface area contributed by atoms with E-state index in [2.05, 4.69) is 10.3 Å². The maximum Gasteiger partial charge on any atom is 0.359 e. The first-order chi connectivity index (χ1) is 11.7. The van der Waals surface area contributed by atoms with Crippen molar-refractivity contribution in [3.63, 3.8) is 0 Å². The smallest absolute Gasteiger partial charge is 0.349 e. The molecule has 7 nitrogen and oxygen atoms in total. The van der Waals surface area contributed by atoms with Gasteiger partial charge in [0.2, 0.25) is 0 Å². The number of hydrogen-bond donors (Lipinski definition) is 1.